The summed E-state index contributed by atoms with van der Waals surface area (Å²) in [5, 5.41) is 4.44. The largest absolute Gasteiger partial charge is 0.369 e. The van der Waals surface area contributed by atoms with Crippen LogP contribution in [-0.2, 0) is 23.8 Å². The van der Waals surface area contributed by atoms with Gasteiger partial charge in [-0.15, -0.1) is 0 Å². The van der Waals surface area contributed by atoms with Gasteiger partial charge in [-0.1, -0.05) is 13.3 Å². The second-order valence-corrected chi connectivity index (χ2v) is 5.22. The Morgan fingerprint density at radius 3 is 2.58 bits per heavy atom. The van der Waals surface area contributed by atoms with Crippen molar-refractivity contribution in [2.45, 2.75) is 39.2 Å². The lowest BCUT2D eigenvalue weighted by atomic mass is 10.0. The van der Waals surface area contributed by atoms with E-state index in [-0.39, 0.29) is 5.95 Å². The van der Waals surface area contributed by atoms with Crippen molar-refractivity contribution in [3.63, 3.8) is 0 Å². The van der Waals surface area contributed by atoms with E-state index < -0.39 is 11.4 Å². The molecule has 2 aromatic heterocycles. The molecule has 0 aliphatic heterocycles. The smallest absolute Gasteiger partial charge is 0.243 e. The number of nitrogens with two attached hydrogens (primary N) is 2. The van der Waals surface area contributed by atoms with Gasteiger partial charge in [0.15, 0.2) is 5.65 Å². The highest BCUT2D eigenvalue weighted by Gasteiger charge is 2.33. The topological polar surface area (TPSA) is 105 Å². The van der Waals surface area contributed by atoms with Crippen molar-refractivity contribution >= 4 is 23.0 Å². The van der Waals surface area contributed by atoms with E-state index in [4.69, 9.17) is 11.5 Å². The van der Waals surface area contributed by atoms with Crippen LogP contribution in [0.15, 0.2) is 0 Å². The normalized spacial score (nSPS) is 12.2. The Bertz CT molecular complexity index is 636. The third-order valence-electron chi connectivity index (χ3n) is 3.38. The van der Waals surface area contributed by atoms with Crippen molar-refractivity contribution in [3.8, 4) is 0 Å². The molecule has 0 spiro atoms. The van der Waals surface area contributed by atoms with Crippen molar-refractivity contribution in [3.05, 3.63) is 5.69 Å². The Labute approximate surface area is 111 Å². The van der Waals surface area contributed by atoms with E-state index in [2.05, 4.69) is 17.0 Å². The standard InChI is InChI=1S/C12H20N6O/c1-5-6-7-8-9(17(4)16-7)18(11(14)15-8)12(2,3)10(13)19/h5-6H2,1-4H3,(H2,13,19)(H2,14,15). The molecule has 104 valence electrons. The molecular weight excluding hydrogens is 244 g/mol. The molecule has 0 fully saturated rings. The zero-order chi connectivity index (χ0) is 14.4. The van der Waals surface area contributed by atoms with Crippen molar-refractivity contribution in [1.82, 2.24) is 19.3 Å². The van der Waals surface area contributed by atoms with E-state index >= 15 is 0 Å². The van der Waals surface area contributed by atoms with Crippen LogP contribution in [0.1, 0.15) is 32.9 Å². The summed E-state index contributed by atoms with van der Waals surface area (Å²) in [5.41, 5.74) is 12.8. The summed E-state index contributed by atoms with van der Waals surface area (Å²) in [7, 11) is 1.82. The molecule has 0 unspecified atom stereocenters. The third-order valence-corrected chi connectivity index (χ3v) is 3.38. The summed E-state index contributed by atoms with van der Waals surface area (Å²) >= 11 is 0. The summed E-state index contributed by atoms with van der Waals surface area (Å²) in [6.45, 7) is 5.52. The molecule has 7 nitrogen and oxygen atoms in total. The van der Waals surface area contributed by atoms with Gasteiger partial charge in [0.1, 0.15) is 11.1 Å². The Morgan fingerprint density at radius 2 is 2.05 bits per heavy atom. The summed E-state index contributed by atoms with van der Waals surface area (Å²) in [6.07, 6.45) is 1.79. The van der Waals surface area contributed by atoms with E-state index in [1.165, 1.54) is 0 Å². The number of nitrogens with zero attached hydrogens (tertiary/aromatic N) is 4. The van der Waals surface area contributed by atoms with E-state index in [0.29, 0.717) is 0 Å². The first kappa shape index (κ1) is 13.4. The van der Waals surface area contributed by atoms with Crippen LogP contribution in [0.25, 0.3) is 11.2 Å². The molecule has 0 saturated carbocycles. The van der Waals surface area contributed by atoms with E-state index in [0.717, 1.165) is 29.7 Å². The van der Waals surface area contributed by atoms with Gasteiger partial charge in [0.05, 0.1) is 5.69 Å². The molecule has 0 aliphatic carbocycles. The first-order valence-electron chi connectivity index (χ1n) is 6.30. The highest BCUT2D eigenvalue weighted by Crippen LogP contribution is 2.28. The van der Waals surface area contributed by atoms with Gasteiger partial charge in [0.25, 0.3) is 0 Å². The Kier molecular flexibility index (Phi) is 3.00. The molecule has 4 N–H and O–H groups in total. The number of nitrogen functional groups attached to an aromatic ring is 1. The van der Waals surface area contributed by atoms with Crippen LogP contribution in [0.3, 0.4) is 0 Å². The molecule has 2 rings (SSSR count). The van der Waals surface area contributed by atoms with Gasteiger partial charge in [-0.05, 0) is 20.3 Å². The van der Waals surface area contributed by atoms with Crippen LogP contribution < -0.4 is 11.5 Å². The number of carbonyl (C=O) groups is 1. The van der Waals surface area contributed by atoms with Gasteiger partial charge in [-0.2, -0.15) is 5.10 Å². The van der Waals surface area contributed by atoms with Crippen LogP contribution in [-0.4, -0.2) is 25.2 Å². The van der Waals surface area contributed by atoms with Gasteiger partial charge >= 0.3 is 0 Å². The van der Waals surface area contributed by atoms with Crippen molar-refractivity contribution in [2.75, 3.05) is 5.73 Å². The van der Waals surface area contributed by atoms with Crippen LogP contribution >= 0.6 is 0 Å². The molecule has 1 amide bonds. The van der Waals surface area contributed by atoms with Gasteiger partial charge in [0.2, 0.25) is 11.9 Å². The zero-order valence-corrected chi connectivity index (χ0v) is 11.8. The molecule has 0 saturated heterocycles. The number of carbonyl (C=O) groups excluding carboxylic acids is 1. The highest BCUT2D eigenvalue weighted by atomic mass is 16.1. The Hall–Kier alpha value is -2.05. The molecule has 0 aromatic carbocycles. The lowest BCUT2D eigenvalue weighted by Crippen LogP contribution is -2.42. The van der Waals surface area contributed by atoms with Gasteiger partial charge < -0.3 is 11.5 Å². The number of imidazole rings is 1. The molecule has 0 aliphatic rings. The lowest BCUT2D eigenvalue weighted by molar-refractivity contribution is -0.124. The number of aromatic nitrogens is 4. The maximum absolute atomic E-state index is 11.6. The molecule has 0 radical (unpaired) electrons. The van der Waals surface area contributed by atoms with Gasteiger partial charge in [-0.3, -0.25) is 14.0 Å². The van der Waals surface area contributed by atoms with Crippen LogP contribution in [0.5, 0.6) is 0 Å². The van der Waals surface area contributed by atoms with Crippen molar-refractivity contribution < 1.29 is 4.79 Å². The summed E-state index contributed by atoms with van der Waals surface area (Å²) in [4.78, 5) is 16.0. The number of primary amides is 1. The zero-order valence-electron chi connectivity index (χ0n) is 11.8. The predicted octanol–water partition coefficient (Wildman–Crippen LogP) is 0.525. The Morgan fingerprint density at radius 1 is 1.42 bits per heavy atom. The van der Waals surface area contributed by atoms with E-state index in [9.17, 15) is 4.79 Å². The maximum atomic E-state index is 11.6. The first-order valence-corrected chi connectivity index (χ1v) is 6.30. The predicted molar refractivity (Wildman–Crippen MR) is 73.4 cm³/mol. The molecule has 0 atom stereocenters. The Balaban J connectivity index is 2.76. The molecule has 19 heavy (non-hydrogen) atoms. The van der Waals surface area contributed by atoms with Crippen LogP contribution in [0.4, 0.5) is 5.95 Å². The molecule has 2 aromatic rings. The number of hydrogen-bond acceptors (Lipinski definition) is 4. The first-order chi connectivity index (χ1) is 8.80. The van der Waals surface area contributed by atoms with Gasteiger partial charge in [-0.25, -0.2) is 4.98 Å². The summed E-state index contributed by atoms with van der Waals surface area (Å²) in [6, 6.07) is 0. The highest BCUT2D eigenvalue weighted by molar-refractivity contribution is 5.86. The minimum atomic E-state index is -0.948. The van der Waals surface area contributed by atoms with Crippen molar-refractivity contribution in [2.24, 2.45) is 12.8 Å². The SMILES string of the molecule is CCCc1nn(C)c2c1nc(N)n2C(C)(C)C(N)=O. The number of hydrogen-bond donors (Lipinski definition) is 2. The van der Waals surface area contributed by atoms with Crippen LogP contribution in [0.2, 0.25) is 0 Å². The second-order valence-electron chi connectivity index (χ2n) is 5.22. The number of aryl methyl sites for hydroxylation is 2. The number of rotatable bonds is 4. The number of anilines is 1. The molecule has 0 bridgehead atoms. The second kappa shape index (κ2) is 4.25. The molecule has 7 heteroatoms. The number of amides is 1. The average molecular weight is 264 g/mol. The third kappa shape index (κ3) is 1.85. The monoisotopic (exact) mass is 264 g/mol. The fourth-order valence-electron chi connectivity index (χ4n) is 2.26. The summed E-state index contributed by atoms with van der Waals surface area (Å²) < 4.78 is 3.35. The minimum absolute atomic E-state index is 0.282. The quantitative estimate of drug-likeness (QED) is 0.840. The minimum Gasteiger partial charge on any atom is -0.369 e. The van der Waals surface area contributed by atoms with Crippen molar-refractivity contribution in [1.29, 1.82) is 0 Å². The fraction of sp³-hybridized carbons (Fsp3) is 0.583. The van der Waals surface area contributed by atoms with E-state index in [1.54, 1.807) is 23.1 Å². The maximum Gasteiger partial charge on any atom is 0.243 e. The fourth-order valence-corrected chi connectivity index (χ4v) is 2.26. The lowest BCUT2D eigenvalue weighted by Gasteiger charge is -2.24. The molecular formula is C12H20N6O. The number of fused-ring (bicyclic) bond motifs is 1. The van der Waals surface area contributed by atoms with Crippen LogP contribution in [0, 0.1) is 0 Å². The molecule has 2 heterocycles. The van der Waals surface area contributed by atoms with E-state index in [1.807, 2.05) is 7.05 Å². The van der Waals surface area contributed by atoms with Gasteiger partial charge in [0, 0.05) is 7.05 Å². The summed E-state index contributed by atoms with van der Waals surface area (Å²) in [5.74, 6) is -0.180. The average Bonchev–Trinajstić information content (AvgIpc) is 2.78.